The predicted molar refractivity (Wildman–Crippen MR) is 102 cm³/mol. The van der Waals surface area contributed by atoms with Crippen molar-refractivity contribution in [3.63, 3.8) is 0 Å². The van der Waals surface area contributed by atoms with Gasteiger partial charge in [-0.3, -0.25) is 0 Å². The Morgan fingerprint density at radius 2 is 1.88 bits per heavy atom. The van der Waals surface area contributed by atoms with Crippen molar-refractivity contribution in [2.24, 2.45) is 11.7 Å². The fraction of sp³-hybridized carbons (Fsp3) is 0.412. The Bertz CT molecular complexity index is 720. The van der Waals surface area contributed by atoms with Gasteiger partial charge in [0.25, 0.3) is 0 Å². The predicted octanol–water partition coefficient (Wildman–Crippen LogP) is 2.72. The van der Waals surface area contributed by atoms with Crippen LogP contribution in [0.3, 0.4) is 0 Å². The maximum Gasteiger partial charge on any atom is 0.214 e. The van der Waals surface area contributed by atoms with Crippen LogP contribution < -0.4 is 5.73 Å². The number of sulfonamides is 1. The zero-order valence-corrected chi connectivity index (χ0v) is 15.8. The van der Waals surface area contributed by atoms with E-state index in [9.17, 15) is 8.42 Å². The number of thiophene rings is 1. The van der Waals surface area contributed by atoms with Crippen molar-refractivity contribution in [3.8, 4) is 0 Å². The highest BCUT2D eigenvalue weighted by Gasteiger charge is 2.38. The van der Waals surface area contributed by atoms with E-state index in [4.69, 9.17) is 5.73 Å². The monoisotopic (exact) mass is 386 g/mol. The number of nitrogens with zero attached hydrogens (tertiary/aromatic N) is 1. The van der Waals surface area contributed by atoms with Crippen molar-refractivity contribution in [1.82, 2.24) is 4.31 Å². The molecule has 4 nitrogen and oxygen atoms in total. The molecule has 0 radical (unpaired) electrons. The van der Waals surface area contributed by atoms with E-state index in [1.54, 1.807) is 15.6 Å². The quantitative estimate of drug-likeness (QED) is 0.830. The van der Waals surface area contributed by atoms with Crippen LogP contribution >= 0.6 is 23.7 Å². The van der Waals surface area contributed by atoms with Gasteiger partial charge in [-0.15, -0.1) is 23.7 Å². The van der Waals surface area contributed by atoms with Gasteiger partial charge in [0, 0.05) is 23.9 Å². The van der Waals surface area contributed by atoms with Crippen LogP contribution in [-0.4, -0.2) is 38.1 Å². The van der Waals surface area contributed by atoms with Gasteiger partial charge in [-0.1, -0.05) is 36.4 Å². The van der Waals surface area contributed by atoms with Crippen molar-refractivity contribution in [2.45, 2.75) is 12.3 Å². The molecule has 1 fully saturated rings. The van der Waals surface area contributed by atoms with Gasteiger partial charge >= 0.3 is 0 Å². The smallest absolute Gasteiger partial charge is 0.214 e. The molecule has 1 aromatic heterocycles. The molecule has 0 spiro atoms. The maximum absolute atomic E-state index is 12.7. The molecule has 1 saturated heterocycles. The Hall–Kier alpha value is -0.920. The van der Waals surface area contributed by atoms with Gasteiger partial charge in [-0.2, -0.15) is 0 Å². The van der Waals surface area contributed by atoms with Crippen LogP contribution in [0.1, 0.15) is 16.4 Å². The van der Waals surface area contributed by atoms with Gasteiger partial charge in [-0.25, -0.2) is 12.7 Å². The van der Waals surface area contributed by atoms with E-state index >= 15 is 0 Å². The van der Waals surface area contributed by atoms with Gasteiger partial charge < -0.3 is 5.73 Å². The zero-order valence-electron chi connectivity index (χ0n) is 13.4. The van der Waals surface area contributed by atoms with Crippen LogP contribution in [-0.2, 0) is 16.4 Å². The van der Waals surface area contributed by atoms with Crippen LogP contribution in [0.2, 0.25) is 0 Å². The number of nitrogens with two attached hydrogens (primary N) is 1. The lowest BCUT2D eigenvalue weighted by molar-refractivity contribution is 0.459. The highest BCUT2D eigenvalue weighted by molar-refractivity contribution is 7.89. The fourth-order valence-corrected chi connectivity index (χ4v) is 5.57. The molecular weight excluding hydrogens is 364 g/mol. The van der Waals surface area contributed by atoms with Gasteiger partial charge in [-0.05, 0) is 35.9 Å². The molecular formula is C17H23ClN2O2S2. The summed E-state index contributed by atoms with van der Waals surface area (Å²) in [6, 6.07) is 14.0. The van der Waals surface area contributed by atoms with E-state index in [1.807, 2.05) is 35.7 Å². The number of aryl methyl sites for hydroxylation is 1. The van der Waals surface area contributed by atoms with Gasteiger partial charge in [0.15, 0.2) is 0 Å². The molecule has 0 saturated carbocycles. The van der Waals surface area contributed by atoms with Crippen LogP contribution in [0.4, 0.5) is 0 Å². The first-order chi connectivity index (χ1) is 11.1. The molecule has 0 amide bonds. The minimum Gasteiger partial charge on any atom is -0.330 e. The average molecular weight is 387 g/mol. The normalized spacial score (nSPS) is 21.5. The summed E-state index contributed by atoms with van der Waals surface area (Å²) in [6.07, 6.45) is 0.583. The second kappa shape index (κ2) is 8.45. The van der Waals surface area contributed by atoms with E-state index < -0.39 is 10.0 Å². The second-order valence-corrected chi connectivity index (χ2v) is 9.10. The molecule has 0 bridgehead atoms. The van der Waals surface area contributed by atoms with Crippen LogP contribution in [0.25, 0.3) is 0 Å². The number of hydrogen-bond donors (Lipinski definition) is 1. The first-order valence-corrected chi connectivity index (χ1v) is 10.3. The molecule has 2 atom stereocenters. The molecule has 2 aromatic rings. The Kier molecular flexibility index (Phi) is 6.83. The molecule has 1 aromatic carbocycles. The maximum atomic E-state index is 12.7. The molecule has 1 aliphatic rings. The molecule has 3 rings (SSSR count). The van der Waals surface area contributed by atoms with Crippen molar-refractivity contribution >= 4 is 33.8 Å². The molecule has 1 aliphatic heterocycles. The van der Waals surface area contributed by atoms with Gasteiger partial charge in [0.1, 0.15) is 0 Å². The first-order valence-electron chi connectivity index (χ1n) is 7.85. The Morgan fingerprint density at radius 3 is 2.50 bits per heavy atom. The van der Waals surface area contributed by atoms with Crippen LogP contribution in [0, 0.1) is 5.92 Å². The molecule has 24 heavy (non-hydrogen) atoms. The minimum atomic E-state index is -3.24. The van der Waals surface area contributed by atoms with Crippen molar-refractivity contribution in [1.29, 1.82) is 0 Å². The highest BCUT2D eigenvalue weighted by atomic mass is 35.5. The van der Waals surface area contributed by atoms with E-state index in [0.29, 0.717) is 26.1 Å². The molecule has 7 heteroatoms. The third kappa shape index (κ3) is 4.37. The summed E-state index contributed by atoms with van der Waals surface area (Å²) < 4.78 is 26.9. The van der Waals surface area contributed by atoms with E-state index in [0.717, 1.165) is 4.88 Å². The van der Waals surface area contributed by atoms with E-state index in [2.05, 4.69) is 12.1 Å². The molecule has 2 N–H and O–H groups in total. The lowest BCUT2D eigenvalue weighted by Gasteiger charge is -2.16. The molecule has 2 heterocycles. The number of rotatable bonds is 6. The Balaban J connectivity index is 0.00000208. The first kappa shape index (κ1) is 19.4. The van der Waals surface area contributed by atoms with Crippen LogP contribution in [0.5, 0.6) is 0 Å². The molecule has 132 valence electrons. The SMILES string of the molecule is Cl.NC[C@@H]1CN(S(=O)(=O)CCc2cccs2)C[C@H]1c1ccccc1. The van der Waals surface area contributed by atoms with E-state index in [1.165, 1.54) is 5.56 Å². The largest absolute Gasteiger partial charge is 0.330 e. The summed E-state index contributed by atoms with van der Waals surface area (Å²) in [7, 11) is -3.24. The number of hydrogen-bond acceptors (Lipinski definition) is 4. The van der Waals surface area contributed by atoms with Crippen molar-refractivity contribution < 1.29 is 8.42 Å². The van der Waals surface area contributed by atoms with E-state index in [-0.39, 0.29) is 30.0 Å². The third-order valence-electron chi connectivity index (χ3n) is 4.52. The Labute approximate surface area is 154 Å². The summed E-state index contributed by atoms with van der Waals surface area (Å²) in [5.74, 6) is 0.554. The fourth-order valence-electron chi connectivity index (χ4n) is 3.19. The minimum absolute atomic E-state index is 0. The van der Waals surface area contributed by atoms with Crippen LogP contribution in [0.15, 0.2) is 47.8 Å². The molecule has 0 aliphatic carbocycles. The summed E-state index contributed by atoms with van der Waals surface area (Å²) in [5.41, 5.74) is 7.08. The standard InChI is InChI=1S/C17H22N2O2S2.ClH/c18-11-15-12-19(13-17(15)14-5-2-1-3-6-14)23(20,21)10-8-16-7-4-9-22-16;/h1-7,9,15,17H,8,10-13,18H2;1H/t15-,17+;/m1./s1. The lowest BCUT2D eigenvalue weighted by atomic mass is 9.89. The zero-order chi connectivity index (χ0) is 16.3. The topological polar surface area (TPSA) is 63.4 Å². The summed E-state index contributed by atoms with van der Waals surface area (Å²) >= 11 is 1.61. The summed E-state index contributed by atoms with van der Waals surface area (Å²) in [5, 5.41) is 1.98. The Morgan fingerprint density at radius 1 is 1.12 bits per heavy atom. The third-order valence-corrected chi connectivity index (χ3v) is 7.26. The summed E-state index contributed by atoms with van der Waals surface area (Å²) in [4.78, 5) is 1.11. The average Bonchev–Trinajstić information content (AvgIpc) is 3.23. The molecule has 0 unspecified atom stereocenters. The highest BCUT2D eigenvalue weighted by Crippen LogP contribution is 2.33. The van der Waals surface area contributed by atoms with Gasteiger partial charge in [0.05, 0.1) is 5.75 Å². The second-order valence-electron chi connectivity index (χ2n) is 5.98. The van der Waals surface area contributed by atoms with Crippen molar-refractivity contribution in [2.75, 3.05) is 25.4 Å². The summed E-state index contributed by atoms with van der Waals surface area (Å²) in [6.45, 7) is 1.58. The lowest BCUT2D eigenvalue weighted by Crippen LogP contribution is -2.32. The number of halogens is 1. The van der Waals surface area contributed by atoms with Crippen molar-refractivity contribution in [3.05, 3.63) is 58.3 Å². The van der Waals surface area contributed by atoms with Gasteiger partial charge in [0.2, 0.25) is 10.0 Å². The number of benzene rings is 1.